The van der Waals surface area contributed by atoms with Crippen LogP contribution in [0, 0.1) is 5.92 Å². The quantitative estimate of drug-likeness (QED) is 0.293. The van der Waals surface area contributed by atoms with Crippen molar-refractivity contribution in [3.63, 3.8) is 0 Å². The van der Waals surface area contributed by atoms with Crippen molar-refractivity contribution in [2.75, 3.05) is 6.61 Å². The number of nitrogens with one attached hydrogen (secondary N) is 1. The van der Waals surface area contributed by atoms with Crippen LogP contribution in [0.15, 0.2) is 42.1 Å². The highest BCUT2D eigenvalue weighted by Gasteiger charge is 2.52. The lowest BCUT2D eigenvalue weighted by atomic mass is 9.88. The molecule has 0 spiro atoms. The Bertz CT molecular complexity index is 845. The highest BCUT2D eigenvalue weighted by atomic mass is 28.4. The standard InChI is InChI=1S/C23H34N2O5Si/c1-8-29-19(26)14-18-20(16(2)30-31(6,7)23(3,4)5)21(27)25(18)22(28)24-15-17-12-10-9-11-13-17/h9-14,16,20H,8,15H2,1-7H3,(H,24,28)/b18-14+/t16-,20-/m1/s1. The van der Waals surface area contributed by atoms with Crippen LogP contribution in [-0.2, 0) is 25.3 Å². The maximum Gasteiger partial charge on any atom is 0.332 e. The third-order valence-corrected chi connectivity index (χ3v) is 10.4. The topological polar surface area (TPSA) is 84.9 Å². The zero-order valence-corrected chi connectivity index (χ0v) is 20.5. The largest absolute Gasteiger partial charge is 0.463 e. The Labute approximate surface area is 185 Å². The molecule has 1 saturated heterocycles. The van der Waals surface area contributed by atoms with Gasteiger partial charge in [0.25, 0.3) is 0 Å². The number of esters is 1. The van der Waals surface area contributed by atoms with Crippen LogP contribution in [-0.4, -0.2) is 43.8 Å². The predicted molar refractivity (Wildman–Crippen MR) is 121 cm³/mol. The Morgan fingerprint density at radius 1 is 1.23 bits per heavy atom. The number of carbonyl (C=O) groups excluding carboxylic acids is 3. The van der Waals surface area contributed by atoms with E-state index in [4.69, 9.17) is 9.16 Å². The fraction of sp³-hybridized carbons (Fsp3) is 0.522. The highest BCUT2D eigenvalue weighted by molar-refractivity contribution is 6.74. The number of ether oxygens (including phenoxy) is 1. The third kappa shape index (κ3) is 5.83. The van der Waals surface area contributed by atoms with Gasteiger partial charge < -0.3 is 14.5 Å². The summed E-state index contributed by atoms with van der Waals surface area (Å²) in [5.41, 5.74) is 1.21. The maximum absolute atomic E-state index is 12.9. The first-order valence-corrected chi connectivity index (χ1v) is 13.5. The van der Waals surface area contributed by atoms with Crippen molar-refractivity contribution in [2.24, 2.45) is 5.92 Å². The molecule has 1 fully saturated rings. The average molecular weight is 447 g/mol. The fourth-order valence-corrected chi connectivity index (χ4v) is 4.56. The zero-order valence-electron chi connectivity index (χ0n) is 19.5. The molecule has 0 aliphatic carbocycles. The minimum atomic E-state index is -2.15. The summed E-state index contributed by atoms with van der Waals surface area (Å²) < 4.78 is 11.4. The van der Waals surface area contributed by atoms with Crippen molar-refractivity contribution in [1.29, 1.82) is 0 Å². The van der Waals surface area contributed by atoms with Gasteiger partial charge in [0.05, 0.1) is 18.4 Å². The van der Waals surface area contributed by atoms with Gasteiger partial charge in [-0.2, -0.15) is 0 Å². The number of benzene rings is 1. The van der Waals surface area contributed by atoms with Gasteiger partial charge in [-0.1, -0.05) is 51.1 Å². The minimum absolute atomic E-state index is 0.0359. The fourth-order valence-electron chi connectivity index (χ4n) is 3.15. The first kappa shape index (κ1) is 24.8. The van der Waals surface area contributed by atoms with Crippen LogP contribution in [0.25, 0.3) is 0 Å². The van der Waals surface area contributed by atoms with E-state index in [9.17, 15) is 14.4 Å². The van der Waals surface area contributed by atoms with E-state index in [0.717, 1.165) is 10.5 Å². The molecule has 0 unspecified atom stereocenters. The molecule has 2 atom stereocenters. The second-order valence-corrected chi connectivity index (χ2v) is 14.0. The lowest BCUT2D eigenvalue weighted by Gasteiger charge is -2.46. The van der Waals surface area contributed by atoms with Gasteiger partial charge in [0.1, 0.15) is 5.92 Å². The number of nitrogens with zero attached hydrogens (tertiary/aromatic N) is 1. The number of likely N-dealkylation sites (tertiary alicyclic amines) is 1. The van der Waals surface area contributed by atoms with E-state index < -0.39 is 32.3 Å². The van der Waals surface area contributed by atoms with E-state index in [1.54, 1.807) is 6.92 Å². The normalized spacial score (nSPS) is 19.1. The molecule has 0 saturated carbocycles. The van der Waals surface area contributed by atoms with Crippen LogP contribution < -0.4 is 5.32 Å². The summed E-state index contributed by atoms with van der Waals surface area (Å²) in [4.78, 5) is 38.8. The van der Waals surface area contributed by atoms with Gasteiger partial charge in [-0.3, -0.25) is 4.79 Å². The molecule has 1 aliphatic rings. The van der Waals surface area contributed by atoms with Crippen LogP contribution in [0.3, 0.4) is 0 Å². The van der Waals surface area contributed by atoms with Crippen molar-refractivity contribution in [3.05, 3.63) is 47.7 Å². The average Bonchev–Trinajstić information content (AvgIpc) is 2.65. The molecule has 2 rings (SSSR count). The van der Waals surface area contributed by atoms with E-state index in [1.165, 1.54) is 6.08 Å². The number of hydrogen-bond acceptors (Lipinski definition) is 5. The van der Waals surface area contributed by atoms with Gasteiger partial charge in [0.2, 0.25) is 5.91 Å². The van der Waals surface area contributed by atoms with E-state index >= 15 is 0 Å². The molecule has 8 heteroatoms. The van der Waals surface area contributed by atoms with Crippen molar-refractivity contribution in [3.8, 4) is 0 Å². The summed E-state index contributed by atoms with van der Waals surface area (Å²) in [7, 11) is -2.15. The summed E-state index contributed by atoms with van der Waals surface area (Å²) >= 11 is 0. The Balaban J connectivity index is 2.20. The maximum atomic E-state index is 12.9. The van der Waals surface area contributed by atoms with Crippen LogP contribution in [0.4, 0.5) is 4.79 Å². The minimum Gasteiger partial charge on any atom is -0.463 e. The summed E-state index contributed by atoms with van der Waals surface area (Å²) in [6.07, 6.45) is 0.760. The number of imide groups is 1. The van der Waals surface area contributed by atoms with Gasteiger partial charge in [-0.15, -0.1) is 0 Å². The lowest BCUT2D eigenvalue weighted by Crippen LogP contribution is -2.61. The van der Waals surface area contributed by atoms with Crippen LogP contribution >= 0.6 is 0 Å². The molecular weight excluding hydrogens is 412 g/mol. The van der Waals surface area contributed by atoms with E-state index in [1.807, 2.05) is 37.3 Å². The lowest BCUT2D eigenvalue weighted by molar-refractivity contribution is -0.142. The molecule has 0 bridgehead atoms. The zero-order chi connectivity index (χ0) is 23.4. The molecule has 170 valence electrons. The van der Waals surface area contributed by atoms with Gasteiger partial charge in [0, 0.05) is 12.6 Å². The Morgan fingerprint density at radius 2 is 1.84 bits per heavy atom. The Morgan fingerprint density at radius 3 is 2.39 bits per heavy atom. The molecule has 1 aromatic rings. The third-order valence-electron chi connectivity index (χ3n) is 5.86. The van der Waals surface area contributed by atoms with Crippen LogP contribution in [0.2, 0.25) is 18.1 Å². The molecule has 1 aliphatic heterocycles. The van der Waals surface area contributed by atoms with Crippen LogP contribution in [0.5, 0.6) is 0 Å². The summed E-state index contributed by atoms with van der Waals surface area (Å²) in [5.74, 6) is -1.66. The SMILES string of the molecule is CCOC(=O)/C=C1\[C@@H]([C@@H](C)O[Si](C)(C)C(C)(C)C)C(=O)N1C(=O)NCc1ccccc1. The van der Waals surface area contributed by atoms with Crippen molar-refractivity contribution >= 4 is 26.2 Å². The molecule has 31 heavy (non-hydrogen) atoms. The molecule has 1 aromatic carbocycles. The Hall–Kier alpha value is -2.45. The molecule has 7 nitrogen and oxygen atoms in total. The smallest absolute Gasteiger partial charge is 0.332 e. The number of carbonyl (C=O) groups is 3. The number of urea groups is 1. The number of β-lactam (4-membered cyclic amide) rings is 1. The monoisotopic (exact) mass is 446 g/mol. The summed E-state index contributed by atoms with van der Waals surface area (Å²) in [5, 5.41) is 2.70. The summed E-state index contributed by atoms with van der Waals surface area (Å²) in [6, 6.07) is 8.83. The van der Waals surface area contributed by atoms with Gasteiger partial charge >= 0.3 is 12.0 Å². The van der Waals surface area contributed by atoms with Gasteiger partial charge in [-0.05, 0) is 37.5 Å². The van der Waals surface area contributed by atoms with Crippen molar-refractivity contribution in [1.82, 2.24) is 10.2 Å². The van der Waals surface area contributed by atoms with Crippen LogP contribution in [0.1, 0.15) is 40.2 Å². The summed E-state index contributed by atoms with van der Waals surface area (Å²) in [6.45, 7) is 14.6. The van der Waals surface area contributed by atoms with E-state index in [2.05, 4.69) is 39.2 Å². The predicted octanol–water partition coefficient (Wildman–Crippen LogP) is 4.21. The molecule has 1 heterocycles. The van der Waals surface area contributed by atoms with Crippen molar-refractivity contribution in [2.45, 2.75) is 65.4 Å². The van der Waals surface area contributed by atoms with Gasteiger partial charge in [0.15, 0.2) is 8.32 Å². The molecule has 1 N–H and O–H groups in total. The van der Waals surface area contributed by atoms with E-state index in [0.29, 0.717) is 5.70 Å². The second-order valence-electron chi connectivity index (χ2n) is 9.20. The Kier molecular flexibility index (Phi) is 7.83. The molecule has 0 radical (unpaired) electrons. The molecule has 3 amide bonds. The number of rotatable bonds is 7. The van der Waals surface area contributed by atoms with E-state index in [-0.39, 0.29) is 24.1 Å². The molecular formula is C23H34N2O5Si. The number of amides is 3. The number of hydrogen-bond donors (Lipinski definition) is 1. The molecule has 0 aromatic heterocycles. The second kappa shape index (κ2) is 9.78. The first-order chi connectivity index (χ1) is 14.4. The van der Waals surface area contributed by atoms with Crippen molar-refractivity contribution < 1.29 is 23.5 Å². The first-order valence-electron chi connectivity index (χ1n) is 10.6. The highest BCUT2D eigenvalue weighted by Crippen LogP contribution is 2.41. The van der Waals surface area contributed by atoms with Gasteiger partial charge in [-0.25, -0.2) is 14.5 Å².